The SMILES string of the molecule is C[N+](C)=COCC(=O)c1cccs1.Cc1ccc(S(=O)(=O)[O-])cc1. The third-order valence-corrected chi connectivity index (χ3v) is 4.37. The molecule has 0 bridgehead atoms. The lowest BCUT2D eigenvalue weighted by molar-refractivity contribution is -0.468. The number of hydrogen-bond donors (Lipinski definition) is 0. The van der Waals surface area contributed by atoms with Crippen molar-refractivity contribution in [2.24, 2.45) is 0 Å². The summed E-state index contributed by atoms with van der Waals surface area (Å²) in [5, 5.41) is 1.88. The van der Waals surface area contributed by atoms with Gasteiger partial charge in [-0.3, -0.25) is 4.79 Å². The molecule has 1 aromatic heterocycles. The molecule has 6 nitrogen and oxygen atoms in total. The number of benzene rings is 1. The molecule has 8 heteroatoms. The molecule has 0 radical (unpaired) electrons. The van der Waals surface area contributed by atoms with Gasteiger partial charge >= 0.3 is 6.40 Å². The molecule has 2 aromatic rings. The van der Waals surface area contributed by atoms with E-state index in [2.05, 4.69) is 0 Å². The number of Topliss-reactive ketones (excluding diaryl/α,β-unsaturated/α-hetero) is 1. The molecule has 1 aromatic carbocycles. The minimum Gasteiger partial charge on any atom is -0.744 e. The van der Waals surface area contributed by atoms with Gasteiger partial charge in [0.25, 0.3) is 0 Å². The molecular weight excluding hydrogens is 350 g/mol. The topological polar surface area (TPSA) is 86.5 Å². The number of carbonyl (C=O) groups excluding carboxylic acids is 1. The first kappa shape index (κ1) is 20.0. The Morgan fingerprint density at radius 1 is 1.25 bits per heavy atom. The van der Waals surface area contributed by atoms with Crippen molar-refractivity contribution in [3.05, 3.63) is 52.2 Å². The average molecular weight is 369 g/mol. The van der Waals surface area contributed by atoms with Crippen LogP contribution >= 0.6 is 11.3 Å². The summed E-state index contributed by atoms with van der Waals surface area (Å²) in [5.74, 6) is 0.0214. The lowest BCUT2D eigenvalue weighted by atomic mass is 10.2. The van der Waals surface area contributed by atoms with Crippen LogP contribution in [0.5, 0.6) is 0 Å². The van der Waals surface area contributed by atoms with Gasteiger partial charge in [0.15, 0.2) is 6.61 Å². The Morgan fingerprint density at radius 3 is 2.33 bits per heavy atom. The van der Waals surface area contributed by atoms with Crippen molar-refractivity contribution in [3.63, 3.8) is 0 Å². The molecule has 0 saturated heterocycles. The Bertz CT molecular complexity index is 774. The third-order valence-electron chi connectivity index (χ3n) is 2.61. The zero-order chi connectivity index (χ0) is 18.2. The van der Waals surface area contributed by atoms with E-state index < -0.39 is 10.1 Å². The zero-order valence-corrected chi connectivity index (χ0v) is 15.3. The molecule has 0 atom stereocenters. The van der Waals surface area contributed by atoms with Gasteiger partial charge < -0.3 is 9.29 Å². The molecule has 130 valence electrons. The first-order valence-electron chi connectivity index (χ1n) is 6.91. The lowest BCUT2D eigenvalue weighted by Gasteiger charge is -2.05. The number of ether oxygens (including phenoxy) is 1. The molecule has 2 rings (SSSR count). The van der Waals surface area contributed by atoms with Gasteiger partial charge in [0.1, 0.15) is 24.2 Å². The quantitative estimate of drug-likeness (QED) is 0.265. The van der Waals surface area contributed by atoms with E-state index >= 15 is 0 Å². The maximum atomic E-state index is 11.3. The van der Waals surface area contributed by atoms with E-state index in [-0.39, 0.29) is 17.3 Å². The standard InChI is InChI=1S/C9H12NO2S.C7H8O3S/c1-10(2)7-12-6-8(11)9-4-3-5-13-9;1-6-2-4-7(5-3-6)11(8,9)10/h3-5,7H,6H2,1-2H3;2-5H,1H3,(H,8,9,10)/q+1;/p-1. The third kappa shape index (κ3) is 7.49. The van der Waals surface area contributed by atoms with Crippen molar-refractivity contribution in [2.45, 2.75) is 11.8 Å². The van der Waals surface area contributed by atoms with Gasteiger partial charge in [-0.1, -0.05) is 23.8 Å². The Hall–Kier alpha value is -2.03. The normalized spacial score (nSPS) is 10.3. The van der Waals surface area contributed by atoms with Gasteiger partial charge in [-0.2, -0.15) is 0 Å². The maximum Gasteiger partial charge on any atom is 0.323 e. The monoisotopic (exact) mass is 369 g/mol. The zero-order valence-electron chi connectivity index (χ0n) is 13.6. The van der Waals surface area contributed by atoms with Crippen LogP contribution in [0, 0.1) is 6.92 Å². The van der Waals surface area contributed by atoms with E-state index in [0.29, 0.717) is 0 Å². The van der Waals surface area contributed by atoms with Gasteiger partial charge in [-0.25, -0.2) is 13.0 Å². The van der Waals surface area contributed by atoms with Crippen molar-refractivity contribution in [1.82, 2.24) is 0 Å². The van der Waals surface area contributed by atoms with Crippen molar-refractivity contribution in [1.29, 1.82) is 0 Å². The van der Waals surface area contributed by atoms with E-state index in [9.17, 15) is 17.8 Å². The molecule has 0 spiro atoms. The molecule has 0 saturated carbocycles. The fourth-order valence-corrected chi connectivity index (χ4v) is 2.60. The predicted octanol–water partition coefficient (Wildman–Crippen LogP) is 2.15. The summed E-state index contributed by atoms with van der Waals surface area (Å²) in [6.07, 6.45) is 1.52. The number of carbonyl (C=O) groups is 1. The van der Waals surface area contributed by atoms with Crippen LogP contribution in [-0.4, -0.2) is 50.4 Å². The van der Waals surface area contributed by atoms with Crippen molar-refractivity contribution in [2.75, 3.05) is 20.7 Å². The van der Waals surface area contributed by atoms with Gasteiger partial charge in [0, 0.05) is 0 Å². The van der Waals surface area contributed by atoms with E-state index in [1.807, 2.05) is 32.5 Å². The molecule has 24 heavy (non-hydrogen) atoms. The van der Waals surface area contributed by atoms with Crippen LogP contribution in [-0.2, 0) is 14.9 Å². The molecular formula is C16H19NO5S2. The van der Waals surface area contributed by atoms with E-state index in [1.165, 1.54) is 29.9 Å². The Kier molecular flexibility index (Phi) is 7.76. The van der Waals surface area contributed by atoms with Crippen LogP contribution in [0.15, 0.2) is 46.7 Å². The van der Waals surface area contributed by atoms with Gasteiger partial charge in [0.05, 0.1) is 9.77 Å². The second-order valence-corrected chi connectivity index (χ2v) is 7.38. The highest BCUT2D eigenvalue weighted by atomic mass is 32.2. The minimum atomic E-state index is -4.27. The van der Waals surface area contributed by atoms with Crippen LogP contribution in [0.2, 0.25) is 0 Å². The second kappa shape index (κ2) is 9.31. The van der Waals surface area contributed by atoms with Crippen LogP contribution in [0.1, 0.15) is 15.2 Å². The largest absolute Gasteiger partial charge is 0.744 e. The number of aryl methyl sites for hydroxylation is 1. The molecule has 0 aliphatic rings. The highest BCUT2D eigenvalue weighted by Gasteiger charge is 2.06. The van der Waals surface area contributed by atoms with Crippen LogP contribution in [0.3, 0.4) is 0 Å². The summed E-state index contributed by atoms with van der Waals surface area (Å²) < 4.78 is 38.0. The van der Waals surface area contributed by atoms with Gasteiger partial charge in [-0.05, 0) is 30.5 Å². The number of nitrogens with zero attached hydrogens (tertiary/aromatic N) is 1. The maximum absolute atomic E-state index is 11.3. The first-order chi connectivity index (χ1) is 11.2. The highest BCUT2D eigenvalue weighted by molar-refractivity contribution is 7.85. The summed E-state index contributed by atoms with van der Waals surface area (Å²) in [4.78, 5) is 11.9. The first-order valence-corrected chi connectivity index (χ1v) is 9.19. The van der Waals surface area contributed by atoms with Crippen LogP contribution in [0.4, 0.5) is 0 Å². The highest BCUT2D eigenvalue weighted by Crippen LogP contribution is 2.09. The van der Waals surface area contributed by atoms with E-state index in [4.69, 9.17) is 4.74 Å². The molecule has 0 fully saturated rings. The predicted molar refractivity (Wildman–Crippen MR) is 91.9 cm³/mol. The molecule has 0 amide bonds. The lowest BCUT2D eigenvalue weighted by Crippen LogP contribution is -2.10. The molecule has 0 unspecified atom stereocenters. The summed E-state index contributed by atoms with van der Waals surface area (Å²) in [6.45, 7) is 1.93. The number of ketones is 1. The molecule has 0 N–H and O–H groups in total. The summed E-state index contributed by atoms with van der Waals surface area (Å²) >= 11 is 1.43. The average Bonchev–Trinajstić information content (AvgIpc) is 3.01. The molecule has 1 heterocycles. The summed E-state index contributed by atoms with van der Waals surface area (Å²) in [7, 11) is -0.584. The van der Waals surface area contributed by atoms with Crippen molar-refractivity contribution in [3.8, 4) is 0 Å². The number of rotatable bonds is 5. The van der Waals surface area contributed by atoms with E-state index in [0.717, 1.165) is 10.4 Å². The Balaban J connectivity index is 0.000000243. The van der Waals surface area contributed by atoms with Crippen molar-refractivity contribution < 1.29 is 27.1 Å². The van der Waals surface area contributed by atoms with Gasteiger partial charge in [0.2, 0.25) is 5.78 Å². The summed E-state index contributed by atoms with van der Waals surface area (Å²) in [6, 6.07) is 9.43. The fourth-order valence-electron chi connectivity index (χ4n) is 1.48. The van der Waals surface area contributed by atoms with Crippen LogP contribution < -0.4 is 0 Å². The fraction of sp³-hybridized carbons (Fsp3) is 0.250. The molecule has 0 aliphatic carbocycles. The second-order valence-electron chi connectivity index (χ2n) is 5.05. The van der Waals surface area contributed by atoms with Crippen molar-refractivity contribution >= 4 is 33.6 Å². The van der Waals surface area contributed by atoms with Gasteiger partial charge in [-0.15, -0.1) is 11.3 Å². The number of thiophene rings is 1. The van der Waals surface area contributed by atoms with Crippen LogP contribution in [0.25, 0.3) is 0 Å². The smallest absolute Gasteiger partial charge is 0.323 e. The Morgan fingerprint density at radius 2 is 1.88 bits per heavy atom. The summed E-state index contributed by atoms with van der Waals surface area (Å²) in [5.41, 5.74) is 0.928. The Labute approximate surface area is 145 Å². The molecule has 0 aliphatic heterocycles. The number of hydrogen-bond acceptors (Lipinski definition) is 6. The van der Waals surface area contributed by atoms with E-state index in [1.54, 1.807) is 22.8 Å². The minimum absolute atomic E-state index is 0.0214.